The molecule has 1 atom stereocenters. The van der Waals surface area contributed by atoms with E-state index in [2.05, 4.69) is 80.6 Å². The molecule has 4 saturated carbocycles. The van der Waals surface area contributed by atoms with E-state index in [1.165, 1.54) is 57.8 Å². The summed E-state index contributed by atoms with van der Waals surface area (Å²) >= 11 is 0.729. The number of alkyl halides is 6. The van der Waals surface area contributed by atoms with Crippen molar-refractivity contribution in [1.29, 1.82) is 0 Å². The van der Waals surface area contributed by atoms with Crippen molar-refractivity contribution < 1.29 is 75.4 Å². The first-order valence-electron chi connectivity index (χ1n) is 18.4. The van der Waals surface area contributed by atoms with E-state index in [1.807, 2.05) is 0 Å². The Morgan fingerprint density at radius 2 is 1.13 bits per heavy atom. The summed E-state index contributed by atoms with van der Waals surface area (Å²) in [6.07, 6.45) is 7.77. The molecule has 0 aromatic heterocycles. The Kier molecular flexibility index (Phi) is 13.6. The van der Waals surface area contributed by atoms with Crippen LogP contribution in [0.25, 0.3) is 21.5 Å². The van der Waals surface area contributed by atoms with Gasteiger partial charge in [0.1, 0.15) is 0 Å². The molecule has 5 aliphatic rings. The monoisotopic (exact) mass is 868 g/mol. The molecular weight excluding hydrogens is 829 g/mol. The van der Waals surface area contributed by atoms with E-state index >= 15 is 0 Å². The Morgan fingerprint density at radius 3 is 1.53 bits per heavy atom. The number of hydrogen-bond acceptors (Lipinski definition) is 0. The molecule has 0 heterocycles. The van der Waals surface area contributed by atoms with E-state index in [1.54, 1.807) is 44.1 Å². The minimum absolute atomic E-state index is 0. The van der Waals surface area contributed by atoms with Crippen molar-refractivity contribution in [3.8, 4) is 0 Å². The fraction of sp³-hybridized carbons (Fsp3) is 0.348. The minimum atomic E-state index is -4.49. The maximum Gasteiger partial charge on any atom is -0.0771 e. The van der Waals surface area contributed by atoms with E-state index in [4.69, 9.17) is 0 Å². The average Bonchev–Trinajstić information content (AvgIpc) is 3.64. The van der Waals surface area contributed by atoms with Crippen LogP contribution >= 0.6 is 0 Å². The number of fused-ring (bicyclic) bond motifs is 3. The van der Waals surface area contributed by atoms with Gasteiger partial charge < -0.3 is 24.8 Å². The molecule has 5 aliphatic carbocycles. The number of halogens is 8. The van der Waals surface area contributed by atoms with E-state index in [0.717, 1.165) is 66.3 Å². The van der Waals surface area contributed by atoms with Gasteiger partial charge in [-0.2, -0.15) is 11.6 Å². The molecule has 0 N–H and O–H groups in total. The molecular formula is C46H42Cl2F6Zr-2. The van der Waals surface area contributed by atoms with Gasteiger partial charge in [-0.1, -0.05) is 62.6 Å². The summed E-state index contributed by atoms with van der Waals surface area (Å²) in [5.74, 6) is 3.82. The molecule has 0 spiro atoms. The molecule has 0 nitrogen and oxygen atoms in total. The van der Waals surface area contributed by atoms with Gasteiger partial charge in [0.15, 0.2) is 0 Å². The van der Waals surface area contributed by atoms with Crippen molar-refractivity contribution in [3.63, 3.8) is 0 Å². The Hall–Kier alpha value is -2.86. The first kappa shape index (κ1) is 43.3. The number of benzene rings is 4. The molecule has 55 heavy (non-hydrogen) atoms. The summed E-state index contributed by atoms with van der Waals surface area (Å²) in [7, 11) is 0. The molecule has 5 aromatic rings. The third-order valence-corrected chi connectivity index (χ3v) is 13.0. The molecule has 1 unspecified atom stereocenters. The van der Waals surface area contributed by atoms with Crippen LogP contribution in [0.1, 0.15) is 81.0 Å². The normalized spacial score (nSPS) is 23.7. The van der Waals surface area contributed by atoms with Gasteiger partial charge in [-0.25, -0.2) is 5.57 Å². The second kappa shape index (κ2) is 17.3. The average molecular weight is 871 g/mol. The van der Waals surface area contributed by atoms with Crippen molar-refractivity contribution in [2.75, 3.05) is 0 Å². The zero-order valence-electron chi connectivity index (χ0n) is 30.7. The largest absolute Gasteiger partial charge is 1.00 e. The maximum atomic E-state index is 12.7. The minimum Gasteiger partial charge on any atom is -1.00 e. The first-order chi connectivity index (χ1) is 25.2. The zero-order valence-corrected chi connectivity index (χ0v) is 34.6. The van der Waals surface area contributed by atoms with E-state index < -0.39 is 23.5 Å². The van der Waals surface area contributed by atoms with Crippen LogP contribution in [0.3, 0.4) is 0 Å². The molecule has 0 amide bonds. The Labute approximate surface area is 347 Å². The predicted octanol–water partition coefficient (Wildman–Crippen LogP) is 7.48. The van der Waals surface area contributed by atoms with Crippen molar-refractivity contribution in [3.05, 3.63) is 149 Å². The van der Waals surface area contributed by atoms with E-state index in [9.17, 15) is 26.3 Å². The Balaban J connectivity index is 0.000000159. The second-order valence-corrected chi connectivity index (χ2v) is 16.9. The third kappa shape index (κ3) is 10.00. The van der Waals surface area contributed by atoms with Crippen LogP contribution in [0.2, 0.25) is 0 Å². The molecule has 10 rings (SSSR count). The number of allylic oxidation sites excluding steroid dienone is 4. The summed E-state index contributed by atoms with van der Waals surface area (Å²) in [4.78, 5) is 0. The molecule has 0 aliphatic heterocycles. The third-order valence-electron chi connectivity index (χ3n) is 11.6. The van der Waals surface area contributed by atoms with Crippen LogP contribution in [0, 0.1) is 35.2 Å². The van der Waals surface area contributed by atoms with Crippen LogP contribution in [-0.2, 0) is 36.6 Å². The van der Waals surface area contributed by atoms with Crippen molar-refractivity contribution in [2.45, 2.75) is 71.1 Å². The summed E-state index contributed by atoms with van der Waals surface area (Å²) in [6.45, 7) is 4.55. The molecule has 0 radical (unpaired) electrons. The van der Waals surface area contributed by atoms with Gasteiger partial charge in [0.2, 0.25) is 0 Å². The molecule has 0 saturated heterocycles. The molecule has 288 valence electrons. The van der Waals surface area contributed by atoms with E-state index in [0.29, 0.717) is 14.5 Å². The van der Waals surface area contributed by atoms with Crippen LogP contribution in [0.15, 0.2) is 120 Å². The predicted molar refractivity (Wildman–Crippen MR) is 198 cm³/mol. The van der Waals surface area contributed by atoms with Crippen molar-refractivity contribution in [1.82, 2.24) is 0 Å². The Morgan fingerprint density at radius 1 is 0.691 bits per heavy atom. The smallest absolute Gasteiger partial charge is 0.0771 e. The standard InChI is InChI=1S/C18H25.C15H8F6.C13H9.2ClH.Zr/c1-12-3-13(2)17(4-12)11-18-8-14-5-15(9-18)7-16(6-14)10-18;16-14(17,18)12-5-1-3-10(8-12)7-11-4-2-6-13(9-11)15(19,20)21;1-3-7-12-10(5-1)9-11-6-2-4-8-13(11)12;;;/h4,12,14-16H,5-11H2,1-2H3;1-6,8-9H;1-9H;2*1H;/q-1;;-1;;;+2/p-2. The van der Waals surface area contributed by atoms with Crippen molar-refractivity contribution >= 4 is 24.8 Å². The fourth-order valence-corrected chi connectivity index (χ4v) is 10.5. The summed E-state index contributed by atoms with van der Waals surface area (Å²) in [5, 5.41) is 5.39. The number of hydrogen-bond donors (Lipinski definition) is 0. The van der Waals surface area contributed by atoms with Crippen molar-refractivity contribution in [2.24, 2.45) is 29.1 Å². The summed E-state index contributed by atoms with van der Waals surface area (Å²) in [5.41, 5.74) is 2.70. The van der Waals surface area contributed by atoms with Gasteiger partial charge in [-0.3, -0.25) is 6.08 Å². The van der Waals surface area contributed by atoms with Gasteiger partial charge in [0, 0.05) is 0 Å². The van der Waals surface area contributed by atoms with Gasteiger partial charge in [0.05, 0.1) is 0 Å². The summed E-state index contributed by atoms with van der Waals surface area (Å²) in [6, 6.07) is 28.4. The maximum absolute atomic E-state index is 12.7. The molecule has 4 fully saturated rings. The van der Waals surface area contributed by atoms with Crippen LogP contribution < -0.4 is 24.8 Å². The van der Waals surface area contributed by atoms with Gasteiger partial charge in [-0.05, 0) is 61.7 Å². The second-order valence-electron chi connectivity index (χ2n) is 15.7. The quantitative estimate of drug-likeness (QED) is 0.130. The molecule has 4 bridgehead atoms. The molecule has 9 heteroatoms. The SMILES string of the molecule is CC1=[C-]C(C)C=C1CC12CC3CC(CC(C3)C1)C2.FC(F)(F)c1cccc([C](=[Zr+2])c2cccc(C(F)(F)F)c2)c1.[Cl-].[Cl-].c1ccc2c(c1)[cH-]c1ccccc12. The van der Waals surface area contributed by atoms with Gasteiger partial charge >= 0.3 is 137 Å². The zero-order chi connectivity index (χ0) is 37.5. The number of rotatable bonds is 4. The van der Waals surface area contributed by atoms with Crippen LogP contribution in [-0.4, -0.2) is 3.21 Å². The van der Waals surface area contributed by atoms with E-state index in [-0.39, 0.29) is 35.9 Å². The molecule has 5 aromatic carbocycles. The van der Waals surface area contributed by atoms with Gasteiger partial charge in [-0.15, -0.1) is 39.7 Å². The topological polar surface area (TPSA) is 0 Å². The fourth-order valence-electron chi connectivity index (χ4n) is 9.78. The van der Waals surface area contributed by atoms with Crippen LogP contribution in [0.5, 0.6) is 0 Å². The Bertz CT molecular complexity index is 2040. The first-order valence-corrected chi connectivity index (χ1v) is 19.7. The van der Waals surface area contributed by atoms with Gasteiger partial charge in [0.25, 0.3) is 0 Å². The summed E-state index contributed by atoms with van der Waals surface area (Å²) < 4.78 is 76.7. The van der Waals surface area contributed by atoms with Crippen LogP contribution in [0.4, 0.5) is 26.3 Å².